The van der Waals surface area contributed by atoms with E-state index in [4.69, 9.17) is 4.74 Å². The molecule has 1 aliphatic rings. The summed E-state index contributed by atoms with van der Waals surface area (Å²) in [5.74, 6) is 1.85. The van der Waals surface area contributed by atoms with Crippen molar-refractivity contribution in [2.75, 3.05) is 0 Å². The average molecular weight is 553 g/mol. The summed E-state index contributed by atoms with van der Waals surface area (Å²) in [4.78, 5) is 2.54. The number of ether oxygens (including phenoxy) is 1. The van der Waals surface area contributed by atoms with Gasteiger partial charge in [0.1, 0.15) is 11.5 Å². The highest BCUT2D eigenvalue weighted by molar-refractivity contribution is 7.18. The summed E-state index contributed by atoms with van der Waals surface area (Å²) in [6.45, 7) is 0. The molecule has 0 N–H and O–H groups in total. The van der Waals surface area contributed by atoms with Crippen LogP contribution in [0.1, 0.15) is 0 Å². The molecule has 0 spiro atoms. The van der Waals surface area contributed by atoms with Crippen LogP contribution in [0.5, 0.6) is 11.5 Å². The van der Waals surface area contributed by atoms with Crippen molar-refractivity contribution in [1.29, 1.82) is 0 Å². The molecule has 0 saturated heterocycles. The summed E-state index contributed by atoms with van der Waals surface area (Å²) in [7, 11) is 0. The first-order chi connectivity index (χ1) is 20.8. The van der Waals surface area contributed by atoms with E-state index in [-0.39, 0.29) is 0 Å². The van der Waals surface area contributed by atoms with E-state index in [2.05, 4.69) is 140 Å². The van der Waals surface area contributed by atoms with Gasteiger partial charge in [-0.2, -0.15) is 0 Å². The van der Waals surface area contributed by atoms with Crippen LogP contribution < -0.4 is 4.74 Å². The third kappa shape index (κ3) is 3.62. The maximum Gasteiger partial charge on any atom is 0.135 e. The zero-order chi connectivity index (χ0) is 27.6. The van der Waals surface area contributed by atoms with Gasteiger partial charge in [0.2, 0.25) is 0 Å². The standard InChI is InChI=1S/C40H24OS/c1-2-9-30-25(7-1)19-20-33-31(11-6-12-32(30)33)26-15-17-27(18-16-26)38-21-22-39(42-38)29-23-28-8-5-14-37-40(28)35(24-29)34-10-3-4-13-36(34)41-37/h1-24H. The number of rotatable bonds is 3. The summed E-state index contributed by atoms with van der Waals surface area (Å²) in [5, 5.41) is 7.56. The molecule has 2 heteroatoms. The molecule has 0 atom stereocenters. The van der Waals surface area contributed by atoms with Crippen LogP contribution in [-0.4, -0.2) is 0 Å². The second-order valence-electron chi connectivity index (χ2n) is 10.9. The SMILES string of the molecule is c1ccc2c(c1)Oc1cccc3cc(-c4ccc(-c5ccc(-c6cccc7c6ccc6ccccc67)cc5)s4)cc-2c13. The summed E-state index contributed by atoms with van der Waals surface area (Å²) in [6.07, 6.45) is 0. The van der Waals surface area contributed by atoms with E-state index in [0.717, 1.165) is 17.1 Å². The largest absolute Gasteiger partial charge is 0.456 e. The molecule has 196 valence electrons. The molecule has 7 aromatic carbocycles. The summed E-state index contributed by atoms with van der Waals surface area (Å²) < 4.78 is 6.24. The summed E-state index contributed by atoms with van der Waals surface area (Å²) >= 11 is 1.84. The van der Waals surface area contributed by atoms with Crippen LogP contribution in [0.15, 0.2) is 146 Å². The Hall–Kier alpha value is -5.18. The number of para-hydroxylation sites is 1. The monoisotopic (exact) mass is 552 g/mol. The lowest BCUT2D eigenvalue weighted by Gasteiger charge is -2.21. The highest BCUT2D eigenvalue weighted by atomic mass is 32.1. The minimum atomic E-state index is 0.918. The maximum absolute atomic E-state index is 6.24. The summed E-state index contributed by atoms with van der Waals surface area (Å²) in [6, 6.07) is 52.6. The predicted molar refractivity (Wildman–Crippen MR) is 179 cm³/mol. The molecule has 1 aromatic heterocycles. The first kappa shape index (κ1) is 23.5. The van der Waals surface area contributed by atoms with Gasteiger partial charge in [0.15, 0.2) is 0 Å². The van der Waals surface area contributed by atoms with Crippen LogP contribution in [0.25, 0.3) is 75.5 Å². The molecule has 0 bridgehead atoms. The van der Waals surface area contributed by atoms with Gasteiger partial charge in [-0.1, -0.05) is 109 Å². The average Bonchev–Trinajstić information content (AvgIpc) is 3.55. The minimum Gasteiger partial charge on any atom is -0.456 e. The molecule has 9 rings (SSSR count). The topological polar surface area (TPSA) is 9.23 Å². The highest BCUT2D eigenvalue weighted by Gasteiger charge is 2.21. The number of fused-ring (bicyclic) bond motifs is 5. The van der Waals surface area contributed by atoms with E-state index in [0.29, 0.717) is 0 Å². The van der Waals surface area contributed by atoms with Gasteiger partial charge in [-0.25, -0.2) is 0 Å². The van der Waals surface area contributed by atoms with E-state index < -0.39 is 0 Å². The fourth-order valence-electron chi connectivity index (χ4n) is 6.48. The molecule has 0 saturated carbocycles. The van der Waals surface area contributed by atoms with E-state index in [9.17, 15) is 0 Å². The molecule has 0 amide bonds. The molecule has 1 aliphatic heterocycles. The van der Waals surface area contributed by atoms with E-state index in [1.54, 1.807) is 0 Å². The Morgan fingerprint density at radius 1 is 0.381 bits per heavy atom. The molecule has 0 unspecified atom stereocenters. The molecular formula is C40H24OS. The van der Waals surface area contributed by atoms with Crippen molar-refractivity contribution in [3.8, 4) is 54.6 Å². The minimum absolute atomic E-state index is 0.918. The van der Waals surface area contributed by atoms with Gasteiger partial charge in [0.05, 0.1) is 0 Å². The number of hydrogen-bond acceptors (Lipinski definition) is 2. The van der Waals surface area contributed by atoms with E-state index in [1.807, 2.05) is 17.4 Å². The van der Waals surface area contributed by atoms with E-state index in [1.165, 1.54) is 69.9 Å². The Kier molecular flexibility index (Phi) is 5.13. The zero-order valence-electron chi connectivity index (χ0n) is 22.7. The van der Waals surface area contributed by atoms with Gasteiger partial charge in [-0.15, -0.1) is 11.3 Å². The molecule has 0 fully saturated rings. The zero-order valence-corrected chi connectivity index (χ0v) is 23.5. The third-order valence-electron chi connectivity index (χ3n) is 8.49. The normalized spacial score (nSPS) is 12.0. The lowest BCUT2D eigenvalue weighted by atomic mass is 9.92. The maximum atomic E-state index is 6.24. The van der Waals surface area contributed by atoms with Crippen molar-refractivity contribution in [1.82, 2.24) is 0 Å². The molecule has 2 heterocycles. The van der Waals surface area contributed by atoms with E-state index >= 15 is 0 Å². The van der Waals surface area contributed by atoms with Crippen LogP contribution in [0.3, 0.4) is 0 Å². The van der Waals surface area contributed by atoms with Crippen LogP contribution in [0.4, 0.5) is 0 Å². The van der Waals surface area contributed by atoms with Gasteiger partial charge in [0.25, 0.3) is 0 Å². The van der Waals surface area contributed by atoms with Crippen molar-refractivity contribution >= 4 is 43.7 Å². The van der Waals surface area contributed by atoms with Gasteiger partial charge >= 0.3 is 0 Å². The molecule has 8 aromatic rings. The van der Waals surface area contributed by atoms with Crippen molar-refractivity contribution in [2.24, 2.45) is 0 Å². The fraction of sp³-hybridized carbons (Fsp3) is 0. The quantitative estimate of drug-likeness (QED) is 0.198. The van der Waals surface area contributed by atoms with Crippen LogP contribution in [0.2, 0.25) is 0 Å². The van der Waals surface area contributed by atoms with Crippen LogP contribution >= 0.6 is 11.3 Å². The number of thiophene rings is 1. The van der Waals surface area contributed by atoms with Gasteiger partial charge in [0, 0.05) is 20.7 Å². The number of hydrogen-bond donors (Lipinski definition) is 0. The van der Waals surface area contributed by atoms with Gasteiger partial charge in [-0.05, 0) is 91.1 Å². The highest BCUT2D eigenvalue weighted by Crippen LogP contribution is 2.48. The Balaban J connectivity index is 1.09. The smallest absolute Gasteiger partial charge is 0.135 e. The molecule has 42 heavy (non-hydrogen) atoms. The lowest BCUT2D eigenvalue weighted by molar-refractivity contribution is 0.487. The Morgan fingerprint density at radius 2 is 1.07 bits per heavy atom. The predicted octanol–water partition coefficient (Wildman–Crippen LogP) is 12.0. The second kappa shape index (κ2) is 9.17. The Morgan fingerprint density at radius 3 is 2.00 bits per heavy atom. The molecule has 0 aliphatic carbocycles. The molecule has 1 nitrogen and oxygen atoms in total. The summed E-state index contributed by atoms with van der Waals surface area (Å²) in [5.41, 5.74) is 7.37. The third-order valence-corrected chi connectivity index (χ3v) is 9.68. The Labute approximate surface area is 247 Å². The van der Waals surface area contributed by atoms with Crippen LogP contribution in [0, 0.1) is 0 Å². The van der Waals surface area contributed by atoms with Gasteiger partial charge < -0.3 is 4.74 Å². The first-order valence-electron chi connectivity index (χ1n) is 14.3. The fourth-order valence-corrected chi connectivity index (χ4v) is 7.48. The van der Waals surface area contributed by atoms with Crippen molar-refractivity contribution in [2.45, 2.75) is 0 Å². The second-order valence-corrected chi connectivity index (χ2v) is 12.0. The number of benzene rings is 7. The van der Waals surface area contributed by atoms with Gasteiger partial charge in [-0.3, -0.25) is 0 Å². The van der Waals surface area contributed by atoms with Crippen molar-refractivity contribution < 1.29 is 4.74 Å². The van der Waals surface area contributed by atoms with Crippen LogP contribution in [-0.2, 0) is 0 Å². The first-order valence-corrected chi connectivity index (χ1v) is 15.1. The lowest BCUT2D eigenvalue weighted by Crippen LogP contribution is -1.97. The van der Waals surface area contributed by atoms with Crippen molar-refractivity contribution in [3.05, 3.63) is 146 Å². The molecular weight excluding hydrogens is 529 g/mol. The molecule has 0 radical (unpaired) electrons. The Bertz CT molecular complexity index is 2320. The van der Waals surface area contributed by atoms with Crippen molar-refractivity contribution in [3.63, 3.8) is 0 Å².